The van der Waals surface area contributed by atoms with Gasteiger partial charge in [-0.05, 0) is 19.3 Å². The van der Waals surface area contributed by atoms with E-state index in [0.717, 1.165) is 11.3 Å². The van der Waals surface area contributed by atoms with Gasteiger partial charge in [-0.3, -0.25) is 9.59 Å². The van der Waals surface area contributed by atoms with Crippen LogP contribution in [-0.4, -0.2) is 40.1 Å². The first-order valence-electron chi connectivity index (χ1n) is 6.90. The van der Waals surface area contributed by atoms with Gasteiger partial charge in [0, 0.05) is 24.2 Å². The van der Waals surface area contributed by atoms with Crippen molar-refractivity contribution in [3.63, 3.8) is 0 Å². The van der Waals surface area contributed by atoms with E-state index in [1.165, 1.54) is 0 Å². The molecule has 0 atom stereocenters. The molecule has 21 heavy (non-hydrogen) atoms. The summed E-state index contributed by atoms with van der Waals surface area (Å²) in [6.07, 6.45) is 1.52. The van der Waals surface area contributed by atoms with Crippen molar-refractivity contribution in [2.75, 3.05) is 13.1 Å². The second-order valence-electron chi connectivity index (χ2n) is 5.26. The number of carboxylic acid groups (broad SMARTS) is 1. The van der Waals surface area contributed by atoms with Gasteiger partial charge >= 0.3 is 16.9 Å². The summed E-state index contributed by atoms with van der Waals surface area (Å²) in [5.74, 6) is -0.777. The van der Waals surface area contributed by atoms with Crippen LogP contribution in [0.15, 0.2) is 10.2 Å². The summed E-state index contributed by atoms with van der Waals surface area (Å²) in [6, 6.07) is -0.225. The molecule has 0 radical (unpaired) electrons. The van der Waals surface area contributed by atoms with Gasteiger partial charge in [-0.15, -0.1) is 0 Å². The standard InChI is InChI=1S/C13H19N3O4S/c1-2-13(10(17)18)3-5-16(6-4-13)11(19)14-7-9-8-21-12(20)15-9/h8H,2-7H2,1H3,(H,14,19)(H,15,20)(H,17,18). The molecule has 8 heteroatoms. The molecule has 2 amide bonds. The van der Waals surface area contributed by atoms with Crippen LogP contribution in [0.5, 0.6) is 0 Å². The van der Waals surface area contributed by atoms with Crippen molar-refractivity contribution in [3.8, 4) is 0 Å². The van der Waals surface area contributed by atoms with Crippen LogP contribution in [0.3, 0.4) is 0 Å². The maximum atomic E-state index is 12.0. The minimum Gasteiger partial charge on any atom is -0.481 e. The van der Waals surface area contributed by atoms with E-state index in [1.807, 2.05) is 6.92 Å². The Morgan fingerprint density at radius 3 is 2.62 bits per heavy atom. The maximum Gasteiger partial charge on any atom is 0.317 e. The van der Waals surface area contributed by atoms with Crippen molar-refractivity contribution in [1.29, 1.82) is 0 Å². The summed E-state index contributed by atoms with van der Waals surface area (Å²) < 4.78 is 0. The van der Waals surface area contributed by atoms with Crippen LogP contribution in [0.25, 0.3) is 0 Å². The van der Waals surface area contributed by atoms with Crippen LogP contribution < -0.4 is 10.2 Å². The highest BCUT2D eigenvalue weighted by Crippen LogP contribution is 2.35. The number of rotatable bonds is 4. The number of hydrogen-bond acceptors (Lipinski definition) is 4. The molecule has 1 aromatic rings. The molecule has 2 rings (SSSR count). The summed E-state index contributed by atoms with van der Waals surface area (Å²) in [4.78, 5) is 38.5. The summed E-state index contributed by atoms with van der Waals surface area (Å²) in [7, 11) is 0. The summed E-state index contributed by atoms with van der Waals surface area (Å²) in [5.41, 5.74) is -0.0288. The second kappa shape index (κ2) is 6.30. The quantitative estimate of drug-likeness (QED) is 0.777. The Hall–Kier alpha value is -1.83. The smallest absolute Gasteiger partial charge is 0.317 e. The topological polar surface area (TPSA) is 102 Å². The first kappa shape index (κ1) is 15.6. The summed E-state index contributed by atoms with van der Waals surface area (Å²) >= 11 is 1.06. The van der Waals surface area contributed by atoms with Crippen LogP contribution in [0, 0.1) is 5.41 Å². The number of carbonyl (C=O) groups excluding carboxylic acids is 1. The molecule has 3 N–H and O–H groups in total. The zero-order chi connectivity index (χ0) is 15.5. The molecule has 0 bridgehead atoms. The monoisotopic (exact) mass is 313 g/mol. The minimum absolute atomic E-state index is 0.147. The number of nitrogens with one attached hydrogen (secondary N) is 2. The van der Waals surface area contributed by atoms with E-state index in [9.17, 15) is 19.5 Å². The number of piperidine rings is 1. The number of carbonyl (C=O) groups is 2. The number of hydrogen-bond donors (Lipinski definition) is 3. The number of likely N-dealkylation sites (tertiary alicyclic amines) is 1. The van der Waals surface area contributed by atoms with E-state index in [1.54, 1.807) is 10.3 Å². The van der Waals surface area contributed by atoms with Crippen LogP contribution in [-0.2, 0) is 11.3 Å². The highest BCUT2D eigenvalue weighted by molar-refractivity contribution is 7.07. The predicted octanol–water partition coefficient (Wildman–Crippen LogP) is 1.22. The number of carboxylic acids is 1. The Morgan fingerprint density at radius 2 is 2.14 bits per heavy atom. The zero-order valence-corrected chi connectivity index (χ0v) is 12.7. The van der Waals surface area contributed by atoms with E-state index in [2.05, 4.69) is 10.3 Å². The molecule has 0 saturated carbocycles. The van der Waals surface area contributed by atoms with Crippen molar-refractivity contribution < 1.29 is 14.7 Å². The van der Waals surface area contributed by atoms with Gasteiger partial charge in [0.05, 0.1) is 12.0 Å². The maximum absolute atomic E-state index is 12.0. The van der Waals surface area contributed by atoms with Crippen molar-refractivity contribution >= 4 is 23.3 Å². The number of H-pyrrole nitrogens is 1. The fraction of sp³-hybridized carbons (Fsp3) is 0.615. The van der Waals surface area contributed by atoms with E-state index in [4.69, 9.17) is 0 Å². The number of nitrogens with zero attached hydrogens (tertiary/aromatic N) is 1. The SMILES string of the molecule is CCC1(C(=O)O)CCN(C(=O)NCc2csc(=O)[nH]2)CC1. The lowest BCUT2D eigenvalue weighted by Gasteiger charge is -2.38. The Labute approximate surface area is 126 Å². The highest BCUT2D eigenvalue weighted by atomic mass is 32.1. The lowest BCUT2D eigenvalue weighted by atomic mass is 9.76. The molecule has 0 aliphatic carbocycles. The molecule has 2 heterocycles. The number of amides is 2. The van der Waals surface area contributed by atoms with E-state index in [-0.39, 0.29) is 17.4 Å². The van der Waals surface area contributed by atoms with Gasteiger partial charge in [-0.1, -0.05) is 18.3 Å². The van der Waals surface area contributed by atoms with Crippen LogP contribution in [0.1, 0.15) is 31.9 Å². The first-order chi connectivity index (χ1) is 9.97. The van der Waals surface area contributed by atoms with Gasteiger partial charge in [-0.25, -0.2) is 4.79 Å². The highest BCUT2D eigenvalue weighted by Gasteiger charge is 2.40. The number of thiazole rings is 1. The molecular formula is C13H19N3O4S. The van der Waals surface area contributed by atoms with Gasteiger partial charge in [0.1, 0.15) is 0 Å². The van der Waals surface area contributed by atoms with Gasteiger partial charge in [0.2, 0.25) is 0 Å². The Kier molecular flexibility index (Phi) is 4.66. The fourth-order valence-electron chi connectivity index (χ4n) is 2.54. The van der Waals surface area contributed by atoms with Gasteiger partial charge in [0.25, 0.3) is 0 Å². The van der Waals surface area contributed by atoms with Crippen LogP contribution in [0.2, 0.25) is 0 Å². The van der Waals surface area contributed by atoms with Gasteiger partial charge < -0.3 is 20.3 Å². The fourth-order valence-corrected chi connectivity index (χ4v) is 3.12. The Morgan fingerprint density at radius 1 is 1.48 bits per heavy atom. The summed E-state index contributed by atoms with van der Waals surface area (Å²) in [6.45, 7) is 3.01. The first-order valence-corrected chi connectivity index (χ1v) is 7.78. The summed E-state index contributed by atoms with van der Waals surface area (Å²) in [5, 5.41) is 13.7. The largest absolute Gasteiger partial charge is 0.481 e. The number of aromatic nitrogens is 1. The predicted molar refractivity (Wildman–Crippen MR) is 78.3 cm³/mol. The van der Waals surface area contributed by atoms with Crippen molar-refractivity contribution in [2.45, 2.75) is 32.7 Å². The molecule has 1 aliphatic rings. The normalized spacial score (nSPS) is 17.5. The zero-order valence-electron chi connectivity index (χ0n) is 11.8. The van der Waals surface area contributed by atoms with E-state index < -0.39 is 11.4 Å². The Bertz CT molecular complexity index is 572. The number of urea groups is 1. The third-order valence-electron chi connectivity index (χ3n) is 4.14. The molecule has 1 fully saturated rings. The van der Waals surface area contributed by atoms with Gasteiger partial charge in [0.15, 0.2) is 0 Å². The van der Waals surface area contributed by atoms with E-state index in [0.29, 0.717) is 38.0 Å². The van der Waals surface area contributed by atoms with Crippen molar-refractivity contribution in [2.24, 2.45) is 5.41 Å². The van der Waals surface area contributed by atoms with Crippen molar-refractivity contribution in [1.82, 2.24) is 15.2 Å². The molecule has 1 aromatic heterocycles. The molecule has 7 nitrogen and oxygen atoms in total. The Balaban J connectivity index is 1.85. The number of aromatic amines is 1. The lowest BCUT2D eigenvalue weighted by Crippen LogP contribution is -2.49. The molecule has 1 aliphatic heterocycles. The molecule has 0 unspecified atom stereocenters. The van der Waals surface area contributed by atoms with Gasteiger partial charge in [-0.2, -0.15) is 0 Å². The second-order valence-corrected chi connectivity index (χ2v) is 6.10. The molecule has 0 spiro atoms. The average Bonchev–Trinajstić information content (AvgIpc) is 2.90. The van der Waals surface area contributed by atoms with E-state index >= 15 is 0 Å². The number of aliphatic carboxylic acids is 1. The minimum atomic E-state index is -0.777. The average molecular weight is 313 g/mol. The van der Waals surface area contributed by atoms with Crippen LogP contribution in [0.4, 0.5) is 4.79 Å². The van der Waals surface area contributed by atoms with Crippen molar-refractivity contribution in [3.05, 3.63) is 20.7 Å². The third-order valence-corrected chi connectivity index (χ3v) is 4.86. The molecule has 116 valence electrons. The molecule has 0 aromatic carbocycles. The molecular weight excluding hydrogens is 294 g/mol. The lowest BCUT2D eigenvalue weighted by molar-refractivity contribution is -0.151. The molecule has 1 saturated heterocycles. The van der Waals surface area contributed by atoms with Crippen LogP contribution >= 0.6 is 11.3 Å². The third kappa shape index (κ3) is 3.44.